The van der Waals surface area contributed by atoms with Crippen molar-refractivity contribution in [1.82, 2.24) is 0 Å². The standard InChI is InChI=1S/C48H82N2O37S2/c1-16(56)26(57)19(2-7-51)82-47-37(68)31(62)39(24(12-55)84-47)86-46(77)36(67)28(59)21(4-9-53)80-44(75)35(66)30(61)23(6-11-88-13-17(49)41(70)71)81-45(76)33(64)27(58)20(3-8-52)79-43(74)34(65)29(60)22(5-10-54)83-48-38(69)32(63)40(87-78)25(85-48)15-89-14-18(50)42(72)73/h17-25,31-32,37-40,43-48,51-69,74-78H,2-15,49-50H2,1H3,(H,70,71)(H,72,73)/b26-16-,33-27-,34-29-,35-30-,36-28-/t17-,18-,19-,20-,21-,22-,23-,24?,25?,31?,32-,37?,38?,39-,40-,43+,44+,45+,46-,47+,48+/m1/s1. The maximum Gasteiger partial charge on any atom is 0.321 e. The second kappa shape index (κ2) is 39.7. The van der Waals surface area contributed by atoms with Gasteiger partial charge in [-0.3, -0.25) is 14.8 Å². The SMILES string of the molecule is C/C(O)=C(/O)[C@@H](CCO)O[C@H]1OC(CO)[C@@H](O[C@@H](O)/C(O)=C(/O)[C@@H](CCO)O[C@H](O)/C(O)=C(/O)[C@@H](CCSC[C@@H](N)C(=O)O)O[C@H](O)/C(O)=C(/O)[C@@H](CCO)O[C@H](O)/C(O)=C(/O)[C@@H](CCO)O[C@H]2OC(CSC[C@@H](N)C(=O)O)[C@@H](OO)[C@H](O)C2O)C(O)C1O. The van der Waals surface area contributed by atoms with Crippen molar-refractivity contribution >= 4 is 35.5 Å². The van der Waals surface area contributed by atoms with Gasteiger partial charge in [0, 0.05) is 69.4 Å². The summed E-state index contributed by atoms with van der Waals surface area (Å²) in [6, 6.07) is -2.83. The lowest BCUT2D eigenvalue weighted by atomic mass is 9.98. The molecule has 2 rings (SSSR count). The third-order valence-corrected chi connectivity index (χ3v) is 15.1. The number of hydrogen-bond donors (Lipinski definition) is 28. The van der Waals surface area contributed by atoms with Gasteiger partial charge >= 0.3 is 11.9 Å². The highest BCUT2D eigenvalue weighted by molar-refractivity contribution is 7.99. The van der Waals surface area contributed by atoms with E-state index >= 15 is 0 Å². The molecule has 0 aromatic heterocycles. The molecular weight excluding hydrogens is 1260 g/mol. The molecule has 0 radical (unpaired) electrons. The lowest BCUT2D eigenvalue weighted by molar-refractivity contribution is -0.373. The zero-order chi connectivity index (χ0) is 67.7. The number of aliphatic hydroxyl groups excluding tert-OH is 23. The van der Waals surface area contributed by atoms with Crippen LogP contribution in [0.15, 0.2) is 57.6 Å². The number of carbonyl (C=O) groups is 2. The molecule has 0 saturated carbocycles. The molecule has 0 aromatic rings. The largest absolute Gasteiger partial charge is 0.509 e. The molecule has 39 nitrogen and oxygen atoms in total. The normalized spacial score (nSPS) is 27.8. The fourth-order valence-corrected chi connectivity index (χ4v) is 9.86. The molecule has 2 heterocycles. The van der Waals surface area contributed by atoms with Crippen LogP contribution in [0.5, 0.6) is 0 Å². The van der Waals surface area contributed by atoms with Crippen LogP contribution in [-0.4, -0.2) is 330 Å². The van der Waals surface area contributed by atoms with Crippen molar-refractivity contribution in [2.75, 3.05) is 56.0 Å². The van der Waals surface area contributed by atoms with Gasteiger partial charge in [0.05, 0.1) is 6.61 Å². The average molecular weight is 1340 g/mol. The van der Waals surface area contributed by atoms with Crippen molar-refractivity contribution in [3.63, 3.8) is 0 Å². The lowest BCUT2D eigenvalue weighted by Crippen LogP contribution is -2.61. The van der Waals surface area contributed by atoms with E-state index < -0.39 is 257 Å². The smallest absolute Gasteiger partial charge is 0.321 e. The number of hydrogen-bond acceptors (Lipinski definition) is 39. The van der Waals surface area contributed by atoms with Gasteiger partial charge in [0.25, 0.3) is 0 Å². The summed E-state index contributed by atoms with van der Waals surface area (Å²) in [6.07, 6.45) is -44.2. The number of allylic oxidation sites excluding steroid dienone is 1. The molecule has 518 valence electrons. The fourth-order valence-electron chi connectivity index (χ4n) is 7.88. The van der Waals surface area contributed by atoms with Gasteiger partial charge in [-0.05, 0) is 19.1 Å². The minimum Gasteiger partial charge on any atom is -0.509 e. The van der Waals surface area contributed by atoms with Crippen LogP contribution in [0.4, 0.5) is 0 Å². The third-order valence-electron chi connectivity index (χ3n) is 12.8. The van der Waals surface area contributed by atoms with Crippen molar-refractivity contribution in [1.29, 1.82) is 0 Å². The fraction of sp³-hybridized carbons (Fsp3) is 0.750. The summed E-state index contributed by atoms with van der Waals surface area (Å²) >= 11 is 1.60. The molecule has 5 unspecified atom stereocenters. The van der Waals surface area contributed by atoms with E-state index in [1.54, 1.807) is 0 Å². The second-order valence-electron chi connectivity index (χ2n) is 19.3. The van der Waals surface area contributed by atoms with Gasteiger partial charge in [0.15, 0.2) is 64.4 Å². The van der Waals surface area contributed by atoms with Crippen LogP contribution in [0.3, 0.4) is 0 Å². The molecule has 2 aliphatic rings. The Balaban J connectivity index is 2.46. The molecular formula is C48H82N2O37S2. The molecule has 21 atom stereocenters. The Morgan fingerprint density at radius 3 is 1.18 bits per heavy atom. The molecule has 2 fully saturated rings. The number of thioether (sulfide) groups is 2. The number of ether oxygens (including phenoxy) is 8. The number of aliphatic carboxylic acids is 2. The van der Waals surface area contributed by atoms with Crippen molar-refractivity contribution in [3.8, 4) is 0 Å². The number of carboxylic acids is 2. The molecule has 0 aliphatic carbocycles. The summed E-state index contributed by atoms with van der Waals surface area (Å²) in [5, 5.41) is 271. The molecule has 89 heavy (non-hydrogen) atoms. The second-order valence-corrected chi connectivity index (χ2v) is 21.6. The summed E-state index contributed by atoms with van der Waals surface area (Å²) in [5.74, 6) is -17.9. The Bertz CT molecular complexity index is 2310. The summed E-state index contributed by atoms with van der Waals surface area (Å²) in [5.41, 5.74) is 11.0. The first-order valence-corrected chi connectivity index (χ1v) is 28.8. The predicted molar refractivity (Wildman–Crippen MR) is 294 cm³/mol. The molecule has 2 saturated heterocycles. The van der Waals surface area contributed by atoms with Crippen LogP contribution in [-0.2, 0) is 52.4 Å². The van der Waals surface area contributed by atoms with Crippen LogP contribution in [0.1, 0.15) is 39.0 Å². The average Bonchev–Trinajstić information content (AvgIpc) is 1.87. The van der Waals surface area contributed by atoms with Gasteiger partial charge in [-0.1, -0.05) is 0 Å². The molecule has 0 amide bonds. The minimum atomic E-state index is -2.89. The lowest BCUT2D eigenvalue weighted by Gasteiger charge is -2.43. The van der Waals surface area contributed by atoms with Crippen LogP contribution < -0.4 is 11.5 Å². The van der Waals surface area contributed by atoms with Gasteiger partial charge in [-0.15, -0.1) is 0 Å². The summed E-state index contributed by atoms with van der Waals surface area (Å²) in [6.45, 7) is -3.51. The topological polar surface area (TPSA) is 695 Å². The Morgan fingerprint density at radius 2 is 0.798 bits per heavy atom. The molecule has 0 aromatic carbocycles. The Labute approximate surface area is 512 Å². The van der Waals surface area contributed by atoms with E-state index in [0.717, 1.165) is 30.4 Å². The van der Waals surface area contributed by atoms with E-state index in [1.807, 2.05) is 0 Å². The van der Waals surface area contributed by atoms with Gasteiger partial charge in [-0.25, -0.2) is 4.89 Å². The summed E-state index contributed by atoms with van der Waals surface area (Å²) < 4.78 is 42.5. The van der Waals surface area contributed by atoms with Crippen LogP contribution >= 0.6 is 23.5 Å². The Kier molecular flexibility index (Phi) is 35.9. The monoisotopic (exact) mass is 1340 g/mol. The highest BCUT2D eigenvalue weighted by Gasteiger charge is 2.50. The van der Waals surface area contributed by atoms with E-state index in [0.29, 0.717) is 0 Å². The molecule has 2 aliphatic heterocycles. The highest BCUT2D eigenvalue weighted by atomic mass is 32.2. The number of nitrogens with two attached hydrogens (primary N) is 2. The molecule has 30 N–H and O–H groups in total. The van der Waals surface area contributed by atoms with E-state index in [9.17, 15) is 137 Å². The van der Waals surface area contributed by atoms with Crippen LogP contribution in [0, 0.1) is 0 Å². The van der Waals surface area contributed by atoms with E-state index in [4.69, 9.17) is 54.5 Å². The van der Waals surface area contributed by atoms with Crippen LogP contribution in [0.2, 0.25) is 0 Å². The minimum absolute atomic E-state index is 0.220. The summed E-state index contributed by atoms with van der Waals surface area (Å²) in [4.78, 5) is 26.7. The zero-order valence-electron chi connectivity index (χ0n) is 47.1. The van der Waals surface area contributed by atoms with Crippen molar-refractivity contribution in [3.05, 3.63) is 57.6 Å². The van der Waals surface area contributed by atoms with Gasteiger partial charge in [0.1, 0.15) is 97.2 Å². The van der Waals surface area contributed by atoms with E-state index in [-0.39, 0.29) is 29.4 Å². The molecule has 0 bridgehead atoms. The van der Waals surface area contributed by atoms with Gasteiger partial charge in [-0.2, -0.15) is 23.5 Å². The maximum absolute atomic E-state index is 11.3. The maximum atomic E-state index is 11.3. The van der Waals surface area contributed by atoms with Crippen molar-refractivity contribution < 1.29 is 185 Å². The zero-order valence-corrected chi connectivity index (χ0v) is 48.7. The Hall–Kier alpha value is -4.66. The third kappa shape index (κ3) is 23.8. The predicted octanol–water partition coefficient (Wildman–Crippen LogP) is -5.82. The van der Waals surface area contributed by atoms with Crippen molar-refractivity contribution in [2.45, 2.75) is 168 Å². The first-order chi connectivity index (χ1) is 41.8. The first-order valence-electron chi connectivity index (χ1n) is 26.5. The number of aliphatic hydroxyl groups is 23. The number of carboxylic acid groups (broad SMARTS) is 2. The first kappa shape index (κ1) is 80.4. The van der Waals surface area contributed by atoms with E-state index in [1.165, 1.54) is 0 Å². The van der Waals surface area contributed by atoms with Gasteiger partial charge in [0.2, 0.25) is 25.2 Å². The Morgan fingerprint density at radius 1 is 0.449 bits per heavy atom. The van der Waals surface area contributed by atoms with Crippen molar-refractivity contribution in [2.24, 2.45) is 11.5 Å². The molecule has 0 spiro atoms. The molecule has 41 heteroatoms. The van der Waals surface area contributed by atoms with Crippen LogP contribution in [0.25, 0.3) is 0 Å². The van der Waals surface area contributed by atoms with E-state index in [2.05, 4.69) is 4.89 Å². The summed E-state index contributed by atoms with van der Waals surface area (Å²) in [7, 11) is 0. The quantitative estimate of drug-likeness (QED) is 0.00890. The van der Waals surface area contributed by atoms with Gasteiger partial charge < -0.3 is 177 Å². The number of rotatable bonds is 42. The highest BCUT2D eigenvalue weighted by Crippen LogP contribution is 2.32.